The molecule has 2 rings (SSSR count). The molecular formula is C16H25NO2. The Balaban J connectivity index is 1.49. The molecule has 1 aromatic rings. The fourth-order valence-electron chi connectivity index (χ4n) is 2.46. The molecule has 106 valence electrons. The van der Waals surface area contributed by atoms with Crippen LogP contribution >= 0.6 is 0 Å². The molecule has 1 saturated heterocycles. The van der Waals surface area contributed by atoms with Crippen molar-refractivity contribution < 1.29 is 9.47 Å². The number of ether oxygens (including phenoxy) is 2. The van der Waals surface area contributed by atoms with Crippen LogP contribution in [-0.2, 0) is 16.1 Å². The third-order valence-electron chi connectivity index (χ3n) is 3.53. The molecule has 1 unspecified atom stereocenters. The first-order chi connectivity index (χ1) is 9.34. The molecule has 1 aliphatic heterocycles. The fraction of sp³-hybridized carbons (Fsp3) is 0.625. The second kappa shape index (κ2) is 8.31. The lowest BCUT2D eigenvalue weighted by atomic mass is 10.1. The van der Waals surface area contributed by atoms with Gasteiger partial charge < -0.3 is 14.4 Å². The van der Waals surface area contributed by atoms with E-state index in [9.17, 15) is 0 Å². The molecule has 0 aromatic heterocycles. The molecule has 0 N–H and O–H groups in total. The van der Waals surface area contributed by atoms with E-state index < -0.39 is 0 Å². The minimum absolute atomic E-state index is 0.723. The van der Waals surface area contributed by atoms with Crippen LogP contribution in [0.3, 0.4) is 0 Å². The minimum atomic E-state index is 0.723. The highest BCUT2D eigenvalue weighted by atomic mass is 16.5. The Morgan fingerprint density at radius 3 is 2.89 bits per heavy atom. The number of hydrogen-bond acceptors (Lipinski definition) is 3. The van der Waals surface area contributed by atoms with E-state index in [1.165, 1.54) is 12.0 Å². The zero-order valence-corrected chi connectivity index (χ0v) is 11.9. The van der Waals surface area contributed by atoms with Crippen molar-refractivity contribution in [1.29, 1.82) is 0 Å². The van der Waals surface area contributed by atoms with E-state index >= 15 is 0 Å². The van der Waals surface area contributed by atoms with Crippen molar-refractivity contribution in [3.8, 4) is 0 Å². The highest BCUT2D eigenvalue weighted by molar-refractivity contribution is 5.13. The first-order valence-electron chi connectivity index (χ1n) is 7.22. The van der Waals surface area contributed by atoms with Gasteiger partial charge in [-0.25, -0.2) is 0 Å². The number of hydrogen-bond donors (Lipinski definition) is 0. The van der Waals surface area contributed by atoms with Crippen LogP contribution in [0.4, 0.5) is 0 Å². The summed E-state index contributed by atoms with van der Waals surface area (Å²) in [5, 5.41) is 0. The van der Waals surface area contributed by atoms with Gasteiger partial charge in [-0.15, -0.1) is 0 Å². The van der Waals surface area contributed by atoms with Crippen molar-refractivity contribution >= 4 is 0 Å². The topological polar surface area (TPSA) is 21.7 Å². The molecule has 0 saturated carbocycles. The first kappa shape index (κ1) is 14.5. The van der Waals surface area contributed by atoms with Crippen LogP contribution in [0.25, 0.3) is 0 Å². The largest absolute Gasteiger partial charge is 0.381 e. The third-order valence-corrected chi connectivity index (χ3v) is 3.53. The van der Waals surface area contributed by atoms with Gasteiger partial charge in [-0.1, -0.05) is 30.3 Å². The molecule has 0 spiro atoms. The van der Waals surface area contributed by atoms with Gasteiger partial charge >= 0.3 is 0 Å². The molecule has 3 heteroatoms. The smallest absolute Gasteiger partial charge is 0.0716 e. The van der Waals surface area contributed by atoms with Crippen LogP contribution < -0.4 is 0 Å². The standard InChI is InChI=1S/C16H25NO2/c1-17(12-16-8-11-19-14-16)9-5-10-18-13-15-6-3-2-4-7-15/h2-4,6-7,16H,5,8-14H2,1H3. The molecule has 0 radical (unpaired) electrons. The van der Waals surface area contributed by atoms with E-state index in [4.69, 9.17) is 9.47 Å². The van der Waals surface area contributed by atoms with E-state index in [0.717, 1.165) is 51.9 Å². The Kier molecular flexibility index (Phi) is 6.34. The molecule has 0 amide bonds. The maximum Gasteiger partial charge on any atom is 0.0716 e. The van der Waals surface area contributed by atoms with Crippen LogP contribution in [0.1, 0.15) is 18.4 Å². The average molecular weight is 263 g/mol. The lowest BCUT2D eigenvalue weighted by Gasteiger charge is -2.19. The highest BCUT2D eigenvalue weighted by Gasteiger charge is 2.16. The molecule has 1 fully saturated rings. The second-order valence-corrected chi connectivity index (χ2v) is 5.38. The third kappa shape index (κ3) is 5.72. The molecule has 1 aromatic carbocycles. The van der Waals surface area contributed by atoms with E-state index in [1.807, 2.05) is 6.07 Å². The van der Waals surface area contributed by atoms with Gasteiger partial charge in [0.15, 0.2) is 0 Å². The summed E-state index contributed by atoms with van der Waals surface area (Å²) in [6, 6.07) is 10.3. The molecule has 0 bridgehead atoms. The number of rotatable bonds is 8. The Morgan fingerprint density at radius 2 is 2.16 bits per heavy atom. The molecule has 1 aliphatic rings. The Hall–Kier alpha value is -0.900. The van der Waals surface area contributed by atoms with Gasteiger partial charge in [-0.3, -0.25) is 0 Å². The fourth-order valence-corrected chi connectivity index (χ4v) is 2.46. The van der Waals surface area contributed by atoms with Crippen LogP contribution in [0.5, 0.6) is 0 Å². The van der Waals surface area contributed by atoms with Gasteiger partial charge in [0.2, 0.25) is 0 Å². The van der Waals surface area contributed by atoms with Crippen molar-refractivity contribution in [1.82, 2.24) is 4.90 Å². The summed E-state index contributed by atoms with van der Waals surface area (Å²) >= 11 is 0. The predicted octanol–water partition coefficient (Wildman–Crippen LogP) is 2.56. The predicted molar refractivity (Wildman–Crippen MR) is 77.1 cm³/mol. The summed E-state index contributed by atoms with van der Waals surface area (Å²) in [6.45, 7) is 5.69. The lowest BCUT2D eigenvalue weighted by Crippen LogP contribution is -2.27. The monoisotopic (exact) mass is 263 g/mol. The van der Waals surface area contributed by atoms with E-state index in [2.05, 4.69) is 36.2 Å². The molecular weight excluding hydrogens is 238 g/mol. The zero-order valence-electron chi connectivity index (χ0n) is 11.9. The normalized spacial score (nSPS) is 19.2. The van der Waals surface area contributed by atoms with Gasteiger partial charge in [-0.05, 0) is 31.4 Å². The van der Waals surface area contributed by atoms with Gasteiger partial charge in [0, 0.05) is 26.3 Å². The summed E-state index contributed by atoms with van der Waals surface area (Å²) < 4.78 is 11.1. The van der Waals surface area contributed by atoms with Crippen LogP contribution in [0.15, 0.2) is 30.3 Å². The van der Waals surface area contributed by atoms with Crippen molar-refractivity contribution in [2.75, 3.05) is 40.0 Å². The Morgan fingerprint density at radius 1 is 1.32 bits per heavy atom. The van der Waals surface area contributed by atoms with Crippen LogP contribution in [-0.4, -0.2) is 44.9 Å². The Labute approximate surface area is 116 Å². The maximum atomic E-state index is 5.69. The van der Waals surface area contributed by atoms with E-state index in [-0.39, 0.29) is 0 Å². The first-order valence-corrected chi connectivity index (χ1v) is 7.22. The molecule has 1 atom stereocenters. The maximum absolute atomic E-state index is 5.69. The zero-order chi connectivity index (χ0) is 13.3. The van der Waals surface area contributed by atoms with Gasteiger partial charge in [0.25, 0.3) is 0 Å². The van der Waals surface area contributed by atoms with E-state index in [0.29, 0.717) is 0 Å². The number of nitrogens with zero attached hydrogens (tertiary/aromatic N) is 1. The summed E-state index contributed by atoms with van der Waals surface area (Å²) in [5.74, 6) is 0.732. The molecule has 3 nitrogen and oxygen atoms in total. The van der Waals surface area contributed by atoms with Crippen molar-refractivity contribution in [3.05, 3.63) is 35.9 Å². The average Bonchev–Trinajstić information content (AvgIpc) is 2.92. The lowest BCUT2D eigenvalue weighted by molar-refractivity contribution is 0.108. The highest BCUT2D eigenvalue weighted by Crippen LogP contribution is 2.13. The summed E-state index contributed by atoms with van der Waals surface area (Å²) in [4.78, 5) is 2.39. The van der Waals surface area contributed by atoms with Crippen LogP contribution in [0.2, 0.25) is 0 Å². The van der Waals surface area contributed by atoms with Crippen molar-refractivity contribution in [3.63, 3.8) is 0 Å². The quantitative estimate of drug-likeness (QED) is 0.673. The summed E-state index contributed by atoms with van der Waals surface area (Å²) in [7, 11) is 2.19. The van der Waals surface area contributed by atoms with Gasteiger partial charge in [0.1, 0.15) is 0 Å². The van der Waals surface area contributed by atoms with Crippen molar-refractivity contribution in [2.24, 2.45) is 5.92 Å². The van der Waals surface area contributed by atoms with Crippen molar-refractivity contribution in [2.45, 2.75) is 19.4 Å². The van der Waals surface area contributed by atoms with Gasteiger partial charge in [0.05, 0.1) is 13.2 Å². The Bertz CT molecular complexity index is 336. The second-order valence-electron chi connectivity index (χ2n) is 5.38. The minimum Gasteiger partial charge on any atom is -0.381 e. The van der Waals surface area contributed by atoms with Crippen LogP contribution in [0, 0.1) is 5.92 Å². The SMILES string of the molecule is CN(CCCOCc1ccccc1)CC1CCOC1. The summed E-state index contributed by atoms with van der Waals surface area (Å²) in [5.41, 5.74) is 1.25. The summed E-state index contributed by atoms with van der Waals surface area (Å²) in [6.07, 6.45) is 2.31. The van der Waals surface area contributed by atoms with Gasteiger partial charge in [-0.2, -0.15) is 0 Å². The van der Waals surface area contributed by atoms with E-state index in [1.54, 1.807) is 0 Å². The molecule has 19 heavy (non-hydrogen) atoms. The molecule has 0 aliphatic carbocycles. The molecule has 1 heterocycles. The number of benzene rings is 1.